The van der Waals surface area contributed by atoms with E-state index in [1.54, 1.807) is 0 Å². The van der Waals surface area contributed by atoms with Crippen LogP contribution in [0.3, 0.4) is 0 Å². The van der Waals surface area contributed by atoms with Crippen molar-refractivity contribution in [3.05, 3.63) is 60.2 Å². The number of carboxylic acid groups (broad SMARTS) is 1. The molecule has 1 atom stereocenters. The summed E-state index contributed by atoms with van der Waals surface area (Å²) < 4.78 is 78.6. The number of hydrogen-bond acceptors (Lipinski definition) is 6. The molecule has 0 aliphatic carbocycles. The molecule has 0 aliphatic heterocycles. The third-order valence-electron chi connectivity index (χ3n) is 4.04. The minimum Gasteiger partial charge on any atom is -0.548 e. The molecular formula is C18H19F2N2O6S2-. The fourth-order valence-electron chi connectivity index (χ4n) is 2.47. The van der Waals surface area contributed by atoms with Gasteiger partial charge in [-0.1, -0.05) is 6.42 Å². The maximum absolute atomic E-state index is 12.9. The molecule has 2 N–H and O–H groups in total. The maximum atomic E-state index is 12.9. The number of benzene rings is 2. The van der Waals surface area contributed by atoms with Crippen molar-refractivity contribution in [1.29, 1.82) is 0 Å². The summed E-state index contributed by atoms with van der Waals surface area (Å²) in [6.07, 6.45) is 0.222. The molecular weight excluding hydrogens is 442 g/mol. The Morgan fingerprint density at radius 2 is 1.30 bits per heavy atom. The van der Waals surface area contributed by atoms with E-state index in [-0.39, 0.29) is 35.6 Å². The van der Waals surface area contributed by atoms with Gasteiger partial charge in [-0.05, 0) is 61.4 Å². The van der Waals surface area contributed by atoms with Crippen LogP contribution in [0.1, 0.15) is 19.3 Å². The Bertz CT molecular complexity index is 1070. The number of halogens is 2. The van der Waals surface area contributed by atoms with Crippen molar-refractivity contribution in [1.82, 2.24) is 9.44 Å². The van der Waals surface area contributed by atoms with Crippen LogP contribution in [0.25, 0.3) is 0 Å². The van der Waals surface area contributed by atoms with Crippen LogP contribution in [-0.2, 0) is 24.8 Å². The predicted octanol–water partition coefficient (Wildman–Crippen LogP) is 0.510. The zero-order valence-electron chi connectivity index (χ0n) is 15.5. The number of carbonyl (C=O) groups excluding carboxylic acids is 1. The van der Waals surface area contributed by atoms with E-state index in [0.717, 1.165) is 48.5 Å². The molecule has 0 aromatic heterocycles. The van der Waals surface area contributed by atoms with Gasteiger partial charge in [-0.2, -0.15) is 0 Å². The fraction of sp³-hybridized carbons (Fsp3) is 0.278. The Hall–Kier alpha value is -2.41. The first-order valence-electron chi connectivity index (χ1n) is 8.75. The lowest BCUT2D eigenvalue weighted by Crippen LogP contribution is -2.47. The minimum atomic E-state index is -4.21. The number of hydrogen-bond donors (Lipinski definition) is 2. The van der Waals surface area contributed by atoms with E-state index in [1.165, 1.54) is 0 Å². The van der Waals surface area contributed by atoms with E-state index in [0.29, 0.717) is 0 Å². The highest BCUT2D eigenvalue weighted by Gasteiger charge is 2.21. The maximum Gasteiger partial charge on any atom is 0.241 e. The molecule has 0 spiro atoms. The Morgan fingerprint density at radius 1 is 0.833 bits per heavy atom. The summed E-state index contributed by atoms with van der Waals surface area (Å²) in [4.78, 5) is 10.8. The molecule has 0 heterocycles. The minimum absolute atomic E-state index is 0.0375. The topological polar surface area (TPSA) is 132 Å². The van der Waals surface area contributed by atoms with E-state index in [1.807, 2.05) is 4.72 Å². The first-order chi connectivity index (χ1) is 14.0. The zero-order valence-corrected chi connectivity index (χ0v) is 17.2. The standard InChI is InChI=1S/C18H20F2N2O6S2/c19-13-4-8-15(9-5-13)29(25,26)21-12-2-1-3-17(18(23)24)22-30(27,28)16-10-6-14(20)7-11-16/h4-11,17,21-22H,1-3,12H2,(H,23,24)/p-1/t17-/m1/s1. The van der Waals surface area contributed by atoms with Crippen molar-refractivity contribution in [2.45, 2.75) is 35.1 Å². The molecule has 0 unspecified atom stereocenters. The van der Waals surface area contributed by atoms with Crippen molar-refractivity contribution in [2.24, 2.45) is 0 Å². The van der Waals surface area contributed by atoms with Crippen LogP contribution in [0.15, 0.2) is 58.3 Å². The van der Waals surface area contributed by atoms with Gasteiger partial charge < -0.3 is 9.90 Å². The number of aliphatic carboxylic acids is 1. The van der Waals surface area contributed by atoms with Crippen LogP contribution < -0.4 is 14.6 Å². The zero-order chi connectivity index (χ0) is 22.4. The summed E-state index contributed by atoms with van der Waals surface area (Å²) in [6.45, 7) is -0.0375. The second kappa shape index (κ2) is 10.1. The predicted molar refractivity (Wildman–Crippen MR) is 101 cm³/mol. The molecule has 12 heteroatoms. The molecule has 2 aromatic carbocycles. The van der Waals surface area contributed by atoms with Gasteiger partial charge in [-0.3, -0.25) is 0 Å². The van der Waals surface area contributed by atoms with E-state index in [2.05, 4.69) is 4.72 Å². The summed E-state index contributed by atoms with van der Waals surface area (Å²) in [7, 11) is -8.06. The van der Waals surface area contributed by atoms with Crippen LogP contribution in [0, 0.1) is 11.6 Å². The van der Waals surface area contributed by atoms with Crippen molar-refractivity contribution >= 4 is 26.0 Å². The number of unbranched alkanes of at least 4 members (excludes halogenated alkanes) is 1. The van der Waals surface area contributed by atoms with E-state index in [4.69, 9.17) is 0 Å². The molecule has 8 nitrogen and oxygen atoms in total. The molecule has 0 saturated carbocycles. The average Bonchev–Trinajstić information content (AvgIpc) is 2.67. The Morgan fingerprint density at radius 3 is 1.77 bits per heavy atom. The van der Waals surface area contributed by atoms with Crippen LogP contribution in [0.4, 0.5) is 8.78 Å². The van der Waals surface area contributed by atoms with Gasteiger partial charge in [0.15, 0.2) is 0 Å². The van der Waals surface area contributed by atoms with Gasteiger partial charge in [0.2, 0.25) is 20.0 Å². The highest BCUT2D eigenvalue weighted by Crippen LogP contribution is 2.13. The highest BCUT2D eigenvalue weighted by molar-refractivity contribution is 7.89. The number of carbonyl (C=O) groups is 1. The van der Waals surface area contributed by atoms with E-state index in [9.17, 15) is 35.5 Å². The lowest BCUT2D eigenvalue weighted by Gasteiger charge is -2.19. The lowest BCUT2D eigenvalue weighted by atomic mass is 10.1. The second-order valence-electron chi connectivity index (χ2n) is 6.29. The molecule has 0 bridgehead atoms. The molecule has 0 fully saturated rings. The summed E-state index contributed by atoms with van der Waals surface area (Å²) in [5, 5.41) is 11.3. The Kier molecular flexibility index (Phi) is 8.01. The quantitative estimate of drug-likeness (QED) is 0.469. The van der Waals surface area contributed by atoms with Crippen LogP contribution in [0.2, 0.25) is 0 Å². The first-order valence-corrected chi connectivity index (χ1v) is 11.7. The third kappa shape index (κ3) is 6.83. The van der Waals surface area contributed by atoms with Gasteiger partial charge >= 0.3 is 0 Å². The number of rotatable bonds is 11. The molecule has 0 amide bonds. The van der Waals surface area contributed by atoms with Crippen LogP contribution >= 0.6 is 0 Å². The smallest absolute Gasteiger partial charge is 0.241 e. The second-order valence-corrected chi connectivity index (χ2v) is 9.78. The molecule has 30 heavy (non-hydrogen) atoms. The molecule has 2 aromatic rings. The highest BCUT2D eigenvalue weighted by atomic mass is 32.2. The van der Waals surface area contributed by atoms with Crippen molar-refractivity contribution in [3.8, 4) is 0 Å². The van der Waals surface area contributed by atoms with Crippen molar-refractivity contribution in [2.75, 3.05) is 6.54 Å². The lowest BCUT2D eigenvalue weighted by molar-refractivity contribution is -0.308. The average molecular weight is 461 g/mol. The molecule has 0 saturated heterocycles. The monoisotopic (exact) mass is 461 g/mol. The normalized spacial score (nSPS) is 13.1. The molecule has 2 rings (SSSR count). The summed E-state index contributed by atoms with van der Waals surface area (Å²) >= 11 is 0. The SMILES string of the molecule is O=C([O-])[C@@H](CCCCNS(=O)(=O)c1ccc(F)cc1)NS(=O)(=O)c1ccc(F)cc1. The molecule has 0 radical (unpaired) electrons. The van der Waals surface area contributed by atoms with Gasteiger partial charge in [0.25, 0.3) is 0 Å². The largest absolute Gasteiger partial charge is 0.548 e. The summed E-state index contributed by atoms with van der Waals surface area (Å²) in [5.41, 5.74) is 0. The van der Waals surface area contributed by atoms with Gasteiger partial charge in [0.05, 0.1) is 21.8 Å². The van der Waals surface area contributed by atoms with Gasteiger partial charge in [0.1, 0.15) is 11.6 Å². The Balaban J connectivity index is 1.87. The van der Waals surface area contributed by atoms with Gasteiger partial charge in [-0.25, -0.2) is 35.1 Å². The number of nitrogens with one attached hydrogen (secondary N) is 2. The number of sulfonamides is 2. The summed E-state index contributed by atoms with van der Waals surface area (Å²) in [5.74, 6) is -2.87. The summed E-state index contributed by atoms with van der Waals surface area (Å²) in [6, 6.07) is 6.52. The van der Waals surface area contributed by atoms with Gasteiger partial charge in [-0.15, -0.1) is 0 Å². The third-order valence-corrected chi connectivity index (χ3v) is 7.01. The van der Waals surface area contributed by atoms with E-state index < -0.39 is 43.7 Å². The molecule has 0 aliphatic rings. The van der Waals surface area contributed by atoms with Crippen molar-refractivity contribution < 1.29 is 35.5 Å². The van der Waals surface area contributed by atoms with Crippen molar-refractivity contribution in [3.63, 3.8) is 0 Å². The fourth-order valence-corrected chi connectivity index (χ4v) is 4.76. The first kappa shape index (κ1) is 23.9. The van der Waals surface area contributed by atoms with Crippen LogP contribution in [0.5, 0.6) is 0 Å². The van der Waals surface area contributed by atoms with E-state index >= 15 is 0 Å². The Labute approximate surface area is 173 Å². The number of carboxylic acids is 1. The van der Waals surface area contributed by atoms with Crippen LogP contribution in [-0.4, -0.2) is 35.4 Å². The molecule has 164 valence electrons. The van der Waals surface area contributed by atoms with Gasteiger partial charge in [0, 0.05) is 6.54 Å².